The number of fused-ring (bicyclic) bond motifs is 2. The molecular formula is C18H19N3. The van der Waals surface area contributed by atoms with Gasteiger partial charge in [-0.05, 0) is 49.9 Å². The molecule has 1 unspecified atom stereocenters. The molecule has 2 heterocycles. The normalized spacial score (nSPS) is 17.9. The van der Waals surface area contributed by atoms with Crippen molar-refractivity contribution in [1.29, 1.82) is 0 Å². The van der Waals surface area contributed by atoms with Gasteiger partial charge in [-0.1, -0.05) is 18.2 Å². The molecule has 1 aliphatic carbocycles. The first kappa shape index (κ1) is 12.6. The summed E-state index contributed by atoms with van der Waals surface area (Å²) in [6.07, 6.45) is 5.49. The quantitative estimate of drug-likeness (QED) is 0.737. The molecule has 1 aliphatic rings. The van der Waals surface area contributed by atoms with Gasteiger partial charge in [0.25, 0.3) is 0 Å². The van der Waals surface area contributed by atoms with Crippen LogP contribution in [0.4, 0.5) is 0 Å². The number of para-hydroxylation sites is 1. The van der Waals surface area contributed by atoms with E-state index in [0.717, 1.165) is 36.2 Å². The van der Waals surface area contributed by atoms with Crippen LogP contribution in [0.1, 0.15) is 35.8 Å². The molecule has 4 rings (SSSR count). The smallest absolute Gasteiger partial charge is 0.0945 e. The van der Waals surface area contributed by atoms with E-state index in [9.17, 15) is 0 Å². The Balaban J connectivity index is 1.97. The SMILES string of the molecule is Cc1ccc2cccc(-n3ccc4c3CCCC4N)c2n1. The molecular weight excluding hydrogens is 258 g/mol. The van der Waals surface area contributed by atoms with Crippen molar-refractivity contribution in [2.24, 2.45) is 5.73 Å². The van der Waals surface area contributed by atoms with Crippen LogP contribution in [0, 0.1) is 6.92 Å². The number of aromatic nitrogens is 2. The van der Waals surface area contributed by atoms with Crippen LogP contribution in [-0.2, 0) is 6.42 Å². The summed E-state index contributed by atoms with van der Waals surface area (Å²) >= 11 is 0. The molecule has 0 saturated carbocycles. The number of hydrogen-bond acceptors (Lipinski definition) is 2. The minimum atomic E-state index is 0.180. The van der Waals surface area contributed by atoms with Gasteiger partial charge in [-0.15, -0.1) is 0 Å². The van der Waals surface area contributed by atoms with Crippen LogP contribution in [0.25, 0.3) is 16.6 Å². The van der Waals surface area contributed by atoms with Crippen LogP contribution in [0.15, 0.2) is 42.6 Å². The maximum Gasteiger partial charge on any atom is 0.0945 e. The van der Waals surface area contributed by atoms with Gasteiger partial charge in [0.1, 0.15) is 0 Å². The molecule has 1 aromatic carbocycles. The average molecular weight is 277 g/mol. The predicted octanol–water partition coefficient (Wildman–Crippen LogP) is 3.67. The van der Waals surface area contributed by atoms with E-state index in [1.165, 1.54) is 16.6 Å². The summed E-state index contributed by atoms with van der Waals surface area (Å²) in [6.45, 7) is 2.04. The molecule has 3 aromatic rings. The Hall–Kier alpha value is -2.13. The molecule has 2 N–H and O–H groups in total. The third-order valence-electron chi connectivity index (χ3n) is 4.45. The molecule has 1 atom stereocenters. The van der Waals surface area contributed by atoms with E-state index in [2.05, 4.69) is 47.2 Å². The number of pyridine rings is 1. The minimum absolute atomic E-state index is 0.180. The minimum Gasteiger partial charge on any atom is -0.324 e. The van der Waals surface area contributed by atoms with Gasteiger partial charge in [0.05, 0.1) is 11.2 Å². The maximum absolute atomic E-state index is 6.25. The second kappa shape index (κ2) is 4.71. The molecule has 0 amide bonds. The second-order valence-corrected chi connectivity index (χ2v) is 5.89. The highest BCUT2D eigenvalue weighted by atomic mass is 15.0. The van der Waals surface area contributed by atoms with Crippen molar-refractivity contribution in [1.82, 2.24) is 9.55 Å². The summed E-state index contributed by atoms with van der Waals surface area (Å²) < 4.78 is 2.28. The lowest BCUT2D eigenvalue weighted by Crippen LogP contribution is -2.17. The van der Waals surface area contributed by atoms with Gasteiger partial charge in [-0.25, -0.2) is 0 Å². The highest BCUT2D eigenvalue weighted by Crippen LogP contribution is 2.32. The Bertz CT molecular complexity index is 816. The molecule has 106 valence electrons. The Morgan fingerprint density at radius 1 is 1.19 bits per heavy atom. The van der Waals surface area contributed by atoms with Gasteiger partial charge >= 0.3 is 0 Å². The largest absolute Gasteiger partial charge is 0.324 e. The first-order valence-corrected chi connectivity index (χ1v) is 7.56. The third-order valence-corrected chi connectivity index (χ3v) is 4.45. The fraction of sp³-hybridized carbons (Fsp3) is 0.278. The van der Waals surface area contributed by atoms with Crippen molar-refractivity contribution in [3.63, 3.8) is 0 Å². The number of rotatable bonds is 1. The summed E-state index contributed by atoms with van der Waals surface area (Å²) in [5.41, 5.74) is 12.2. The van der Waals surface area contributed by atoms with E-state index in [1.807, 2.05) is 6.92 Å². The van der Waals surface area contributed by atoms with Crippen molar-refractivity contribution in [2.75, 3.05) is 0 Å². The van der Waals surface area contributed by atoms with Crippen molar-refractivity contribution < 1.29 is 0 Å². The topological polar surface area (TPSA) is 43.8 Å². The monoisotopic (exact) mass is 277 g/mol. The summed E-state index contributed by atoms with van der Waals surface area (Å²) in [6, 6.07) is 12.9. The summed E-state index contributed by atoms with van der Waals surface area (Å²) in [7, 11) is 0. The van der Waals surface area contributed by atoms with Crippen LogP contribution in [0.2, 0.25) is 0 Å². The predicted molar refractivity (Wildman–Crippen MR) is 85.7 cm³/mol. The van der Waals surface area contributed by atoms with Gasteiger partial charge in [0.15, 0.2) is 0 Å². The molecule has 3 heteroatoms. The van der Waals surface area contributed by atoms with E-state index in [1.54, 1.807) is 0 Å². The zero-order valence-electron chi connectivity index (χ0n) is 12.2. The Morgan fingerprint density at radius 2 is 2.10 bits per heavy atom. The van der Waals surface area contributed by atoms with E-state index >= 15 is 0 Å². The number of benzene rings is 1. The second-order valence-electron chi connectivity index (χ2n) is 5.89. The lowest BCUT2D eigenvalue weighted by Gasteiger charge is -2.21. The molecule has 0 spiro atoms. The number of hydrogen-bond donors (Lipinski definition) is 1. The fourth-order valence-electron chi connectivity index (χ4n) is 3.38. The molecule has 0 aliphatic heterocycles. The molecule has 0 radical (unpaired) electrons. The summed E-state index contributed by atoms with van der Waals surface area (Å²) in [5.74, 6) is 0. The van der Waals surface area contributed by atoms with E-state index in [0.29, 0.717) is 0 Å². The third kappa shape index (κ3) is 1.96. The standard InChI is InChI=1S/C18H19N3/c1-12-8-9-13-4-2-7-17(18(13)20-12)21-11-10-14-15(19)5-3-6-16(14)21/h2,4,7-11,15H,3,5-6,19H2,1H3. The van der Waals surface area contributed by atoms with Crippen molar-refractivity contribution >= 4 is 10.9 Å². The lowest BCUT2D eigenvalue weighted by atomic mass is 9.93. The molecule has 0 fully saturated rings. The number of nitrogens with two attached hydrogens (primary N) is 1. The maximum atomic E-state index is 6.25. The van der Waals surface area contributed by atoms with Gasteiger partial charge < -0.3 is 10.3 Å². The zero-order valence-corrected chi connectivity index (χ0v) is 12.2. The summed E-state index contributed by atoms with van der Waals surface area (Å²) in [4.78, 5) is 4.75. The van der Waals surface area contributed by atoms with Crippen molar-refractivity contribution in [3.8, 4) is 5.69 Å². The van der Waals surface area contributed by atoms with Gasteiger partial charge in [0, 0.05) is 29.0 Å². The van der Waals surface area contributed by atoms with E-state index < -0.39 is 0 Å². The Morgan fingerprint density at radius 3 is 3.00 bits per heavy atom. The van der Waals surface area contributed by atoms with Gasteiger partial charge in [-0.3, -0.25) is 4.98 Å². The highest BCUT2D eigenvalue weighted by Gasteiger charge is 2.21. The molecule has 3 nitrogen and oxygen atoms in total. The molecule has 0 bridgehead atoms. The molecule has 21 heavy (non-hydrogen) atoms. The zero-order chi connectivity index (χ0) is 14.4. The van der Waals surface area contributed by atoms with Crippen LogP contribution >= 0.6 is 0 Å². The molecule has 0 saturated heterocycles. The Kier molecular flexibility index (Phi) is 2.82. The lowest BCUT2D eigenvalue weighted by molar-refractivity contribution is 0.560. The van der Waals surface area contributed by atoms with E-state index in [4.69, 9.17) is 10.7 Å². The van der Waals surface area contributed by atoms with Crippen LogP contribution in [0.5, 0.6) is 0 Å². The van der Waals surface area contributed by atoms with Gasteiger partial charge in [-0.2, -0.15) is 0 Å². The fourth-order valence-corrected chi connectivity index (χ4v) is 3.38. The van der Waals surface area contributed by atoms with Crippen LogP contribution < -0.4 is 5.73 Å². The van der Waals surface area contributed by atoms with Gasteiger partial charge in [0.2, 0.25) is 0 Å². The average Bonchev–Trinajstić information content (AvgIpc) is 2.92. The number of nitrogens with zero attached hydrogens (tertiary/aromatic N) is 2. The van der Waals surface area contributed by atoms with Crippen molar-refractivity contribution in [3.05, 3.63) is 59.5 Å². The first-order chi connectivity index (χ1) is 10.2. The first-order valence-electron chi connectivity index (χ1n) is 7.56. The van der Waals surface area contributed by atoms with Crippen LogP contribution in [-0.4, -0.2) is 9.55 Å². The summed E-state index contributed by atoms with van der Waals surface area (Å²) in [5, 5.41) is 1.18. The molecule has 2 aromatic heterocycles. The highest BCUT2D eigenvalue weighted by molar-refractivity contribution is 5.86. The Labute approximate surface area is 124 Å². The van der Waals surface area contributed by atoms with Crippen molar-refractivity contribution in [2.45, 2.75) is 32.2 Å². The van der Waals surface area contributed by atoms with Crippen LogP contribution in [0.3, 0.4) is 0 Å². The van der Waals surface area contributed by atoms with E-state index in [-0.39, 0.29) is 6.04 Å². The number of aryl methyl sites for hydroxylation is 1.